The maximum Gasteiger partial charge on any atom is 0.335 e. The minimum absolute atomic E-state index is 0.229. The number of amides is 2. The highest BCUT2D eigenvalue weighted by Gasteiger charge is 2.29. The number of ether oxygens (including phenoxy) is 1. The average Bonchev–Trinajstić information content (AvgIpc) is 2.84. The number of aryl methyl sites for hydroxylation is 1. The minimum atomic E-state index is -0.977. The summed E-state index contributed by atoms with van der Waals surface area (Å²) in [6.07, 6.45) is 1.94. The van der Waals surface area contributed by atoms with Gasteiger partial charge in [-0.25, -0.2) is 9.59 Å². The van der Waals surface area contributed by atoms with E-state index in [0.717, 1.165) is 19.4 Å². The van der Waals surface area contributed by atoms with Gasteiger partial charge < -0.3 is 20.5 Å². The van der Waals surface area contributed by atoms with Crippen LogP contribution < -0.4 is 10.6 Å². The second-order valence-electron chi connectivity index (χ2n) is 5.54. The molecule has 1 heterocycles. The van der Waals surface area contributed by atoms with Crippen molar-refractivity contribution in [2.24, 2.45) is 0 Å². The van der Waals surface area contributed by atoms with E-state index in [1.165, 1.54) is 6.07 Å². The van der Waals surface area contributed by atoms with E-state index in [0.29, 0.717) is 17.8 Å². The molecule has 0 spiro atoms. The molecule has 0 aliphatic carbocycles. The van der Waals surface area contributed by atoms with Crippen molar-refractivity contribution in [3.05, 3.63) is 29.3 Å². The number of carboxylic acid groups (broad SMARTS) is 1. The Kier molecular flexibility index (Phi) is 4.47. The zero-order chi connectivity index (χ0) is 15.5. The van der Waals surface area contributed by atoms with Gasteiger partial charge in [0.05, 0.1) is 11.2 Å². The van der Waals surface area contributed by atoms with Crippen molar-refractivity contribution < 1.29 is 19.4 Å². The molecule has 1 aliphatic heterocycles. The summed E-state index contributed by atoms with van der Waals surface area (Å²) in [5, 5.41) is 14.4. The monoisotopic (exact) mass is 292 g/mol. The molecule has 2 rings (SSSR count). The molecule has 6 nitrogen and oxygen atoms in total. The fraction of sp³-hybridized carbons (Fsp3) is 0.467. The van der Waals surface area contributed by atoms with Crippen molar-refractivity contribution in [1.29, 1.82) is 0 Å². The highest BCUT2D eigenvalue weighted by atomic mass is 16.5. The van der Waals surface area contributed by atoms with Crippen LogP contribution in [-0.4, -0.2) is 35.9 Å². The summed E-state index contributed by atoms with van der Waals surface area (Å²) in [5.41, 5.74) is 1.10. The van der Waals surface area contributed by atoms with Crippen molar-refractivity contribution in [3.63, 3.8) is 0 Å². The molecular weight excluding hydrogens is 272 g/mol. The number of benzene rings is 1. The number of rotatable bonds is 4. The van der Waals surface area contributed by atoms with Crippen LogP contribution in [0.3, 0.4) is 0 Å². The first-order valence-corrected chi connectivity index (χ1v) is 6.92. The van der Waals surface area contributed by atoms with Crippen LogP contribution >= 0.6 is 0 Å². The van der Waals surface area contributed by atoms with Gasteiger partial charge in [0, 0.05) is 18.8 Å². The quantitative estimate of drug-likeness (QED) is 0.795. The van der Waals surface area contributed by atoms with E-state index in [4.69, 9.17) is 9.84 Å². The first-order chi connectivity index (χ1) is 9.89. The standard InChI is InChI=1S/C15H20N2O4/c1-10-8-11(4-5-12(10)13(18)19)17-14(20)16-9-15(2)6-3-7-21-15/h4-5,8H,3,6-7,9H2,1-2H3,(H,18,19)(H2,16,17,20). The Morgan fingerprint density at radius 3 is 2.76 bits per heavy atom. The smallest absolute Gasteiger partial charge is 0.335 e. The third-order valence-corrected chi connectivity index (χ3v) is 3.64. The number of aromatic carboxylic acids is 1. The summed E-state index contributed by atoms with van der Waals surface area (Å²) in [6, 6.07) is 4.36. The highest BCUT2D eigenvalue weighted by molar-refractivity contribution is 5.92. The molecule has 0 aromatic heterocycles. The first kappa shape index (κ1) is 15.3. The van der Waals surface area contributed by atoms with Gasteiger partial charge in [-0.1, -0.05) is 0 Å². The Morgan fingerprint density at radius 2 is 2.19 bits per heavy atom. The maximum atomic E-state index is 11.8. The molecule has 0 saturated carbocycles. The molecule has 2 amide bonds. The third-order valence-electron chi connectivity index (χ3n) is 3.64. The molecule has 1 saturated heterocycles. The third kappa shape index (κ3) is 3.95. The number of urea groups is 1. The number of hydrogen-bond donors (Lipinski definition) is 3. The summed E-state index contributed by atoms with van der Waals surface area (Å²) >= 11 is 0. The van der Waals surface area contributed by atoms with Crippen LogP contribution in [0.15, 0.2) is 18.2 Å². The summed E-state index contributed by atoms with van der Waals surface area (Å²) in [7, 11) is 0. The number of anilines is 1. The van der Waals surface area contributed by atoms with Gasteiger partial charge in [0.2, 0.25) is 0 Å². The van der Waals surface area contributed by atoms with Crippen molar-refractivity contribution in [3.8, 4) is 0 Å². The number of nitrogens with one attached hydrogen (secondary N) is 2. The van der Waals surface area contributed by atoms with Crippen LogP contribution in [0.1, 0.15) is 35.7 Å². The molecule has 21 heavy (non-hydrogen) atoms. The van der Waals surface area contributed by atoms with Gasteiger partial charge in [0.15, 0.2) is 0 Å². The van der Waals surface area contributed by atoms with Gasteiger partial charge >= 0.3 is 12.0 Å². The van der Waals surface area contributed by atoms with Gasteiger partial charge in [-0.05, 0) is 50.5 Å². The van der Waals surface area contributed by atoms with Crippen LogP contribution in [0.4, 0.5) is 10.5 Å². The summed E-state index contributed by atoms with van der Waals surface area (Å²) in [5.74, 6) is -0.977. The lowest BCUT2D eigenvalue weighted by molar-refractivity contribution is 0.0232. The molecule has 1 fully saturated rings. The molecule has 1 aliphatic rings. The Balaban J connectivity index is 1.90. The molecule has 0 bridgehead atoms. The largest absolute Gasteiger partial charge is 0.478 e. The Hall–Kier alpha value is -2.08. The van der Waals surface area contributed by atoms with Crippen LogP contribution in [0.2, 0.25) is 0 Å². The highest BCUT2D eigenvalue weighted by Crippen LogP contribution is 2.24. The molecule has 6 heteroatoms. The fourth-order valence-corrected chi connectivity index (χ4v) is 2.40. The van der Waals surface area contributed by atoms with E-state index >= 15 is 0 Å². The lowest BCUT2D eigenvalue weighted by atomic mass is 10.0. The predicted octanol–water partition coefficient (Wildman–Crippen LogP) is 2.38. The summed E-state index contributed by atoms with van der Waals surface area (Å²) < 4.78 is 5.59. The van der Waals surface area contributed by atoms with Crippen LogP contribution in [0, 0.1) is 6.92 Å². The van der Waals surface area contributed by atoms with Gasteiger partial charge in [-0.15, -0.1) is 0 Å². The Bertz CT molecular complexity index is 551. The van der Waals surface area contributed by atoms with Crippen molar-refractivity contribution in [2.75, 3.05) is 18.5 Å². The molecule has 1 aromatic rings. The van der Waals surface area contributed by atoms with E-state index in [-0.39, 0.29) is 17.2 Å². The van der Waals surface area contributed by atoms with Gasteiger partial charge in [-0.3, -0.25) is 0 Å². The van der Waals surface area contributed by atoms with Crippen LogP contribution in [0.25, 0.3) is 0 Å². The van der Waals surface area contributed by atoms with E-state index in [1.807, 2.05) is 6.92 Å². The second kappa shape index (κ2) is 6.13. The summed E-state index contributed by atoms with van der Waals surface area (Å²) in [6.45, 7) is 4.85. The van der Waals surface area contributed by atoms with E-state index in [1.54, 1.807) is 19.1 Å². The molecule has 3 N–H and O–H groups in total. The van der Waals surface area contributed by atoms with Crippen molar-refractivity contribution in [2.45, 2.75) is 32.3 Å². The van der Waals surface area contributed by atoms with Gasteiger partial charge in [0.1, 0.15) is 0 Å². The van der Waals surface area contributed by atoms with Gasteiger partial charge in [-0.2, -0.15) is 0 Å². The van der Waals surface area contributed by atoms with E-state index in [9.17, 15) is 9.59 Å². The number of carboxylic acids is 1. The van der Waals surface area contributed by atoms with Crippen LogP contribution in [0.5, 0.6) is 0 Å². The first-order valence-electron chi connectivity index (χ1n) is 6.92. The minimum Gasteiger partial charge on any atom is -0.478 e. The lowest BCUT2D eigenvalue weighted by Gasteiger charge is -2.23. The Labute approximate surface area is 123 Å². The van der Waals surface area contributed by atoms with Gasteiger partial charge in [0.25, 0.3) is 0 Å². The maximum absolute atomic E-state index is 11.8. The zero-order valence-corrected chi connectivity index (χ0v) is 12.2. The predicted molar refractivity (Wildman–Crippen MR) is 78.8 cm³/mol. The average molecular weight is 292 g/mol. The number of carbonyl (C=O) groups excluding carboxylic acids is 1. The van der Waals surface area contributed by atoms with Crippen LogP contribution in [-0.2, 0) is 4.74 Å². The summed E-state index contributed by atoms with van der Waals surface area (Å²) in [4.78, 5) is 22.8. The van der Waals surface area contributed by atoms with E-state index < -0.39 is 5.97 Å². The second-order valence-corrected chi connectivity index (χ2v) is 5.54. The molecule has 114 valence electrons. The molecule has 1 atom stereocenters. The molecule has 1 aromatic carbocycles. The fourth-order valence-electron chi connectivity index (χ4n) is 2.40. The zero-order valence-electron chi connectivity index (χ0n) is 12.2. The molecular formula is C15H20N2O4. The van der Waals surface area contributed by atoms with Crippen molar-refractivity contribution >= 4 is 17.7 Å². The molecule has 0 radical (unpaired) electrons. The Morgan fingerprint density at radius 1 is 1.43 bits per heavy atom. The topological polar surface area (TPSA) is 87.7 Å². The SMILES string of the molecule is Cc1cc(NC(=O)NCC2(C)CCCO2)ccc1C(=O)O. The van der Waals surface area contributed by atoms with E-state index in [2.05, 4.69) is 10.6 Å². The lowest BCUT2D eigenvalue weighted by Crippen LogP contribution is -2.41. The normalized spacial score (nSPS) is 21.0. The number of hydrogen-bond acceptors (Lipinski definition) is 3. The molecule has 1 unspecified atom stereocenters. The van der Waals surface area contributed by atoms with Crippen molar-refractivity contribution in [1.82, 2.24) is 5.32 Å². The number of carbonyl (C=O) groups is 2.